The van der Waals surface area contributed by atoms with Crippen LogP contribution in [-0.2, 0) is 0 Å². The first-order valence-electron chi connectivity index (χ1n) is 11.0. The quantitative estimate of drug-likeness (QED) is 0.692. The molecular weight excluding hydrogens is 368 g/mol. The second-order valence-electron chi connectivity index (χ2n) is 8.39. The van der Waals surface area contributed by atoms with Gasteiger partial charge in [-0.1, -0.05) is 6.92 Å². The van der Waals surface area contributed by atoms with Gasteiger partial charge in [0.25, 0.3) is 0 Å². The van der Waals surface area contributed by atoms with E-state index in [0.29, 0.717) is 6.04 Å². The molecule has 1 aliphatic heterocycles. The SMILES string of the molecule is CCC(O)NC1CCC(CCN2CCN(c3nccc4sccc34)CC2)CC1. The number of piperazine rings is 1. The molecule has 2 aromatic heterocycles. The van der Waals surface area contributed by atoms with Gasteiger partial charge in [0.05, 0.1) is 0 Å². The van der Waals surface area contributed by atoms with Crippen molar-refractivity contribution < 1.29 is 5.11 Å². The molecule has 0 spiro atoms. The molecule has 154 valence electrons. The van der Waals surface area contributed by atoms with Crippen LogP contribution in [0.25, 0.3) is 10.1 Å². The van der Waals surface area contributed by atoms with Crippen LogP contribution in [-0.4, -0.2) is 60.0 Å². The number of fused-ring (bicyclic) bond motifs is 1. The van der Waals surface area contributed by atoms with Crippen LogP contribution in [0.2, 0.25) is 0 Å². The summed E-state index contributed by atoms with van der Waals surface area (Å²) in [5.41, 5.74) is 0. The lowest BCUT2D eigenvalue weighted by atomic mass is 9.84. The van der Waals surface area contributed by atoms with E-state index >= 15 is 0 Å². The molecule has 3 heterocycles. The van der Waals surface area contributed by atoms with Crippen molar-refractivity contribution in [3.63, 3.8) is 0 Å². The predicted molar refractivity (Wildman–Crippen MR) is 118 cm³/mol. The first-order chi connectivity index (χ1) is 13.7. The zero-order valence-corrected chi connectivity index (χ0v) is 17.8. The van der Waals surface area contributed by atoms with Crippen LogP contribution >= 0.6 is 11.3 Å². The van der Waals surface area contributed by atoms with Gasteiger partial charge >= 0.3 is 0 Å². The van der Waals surface area contributed by atoms with Gasteiger partial charge in [-0.05, 0) is 68.5 Å². The Bertz CT molecular complexity index is 735. The van der Waals surface area contributed by atoms with Gasteiger partial charge in [-0.25, -0.2) is 4.98 Å². The molecule has 0 bridgehead atoms. The molecule has 5 nitrogen and oxygen atoms in total. The molecule has 1 saturated carbocycles. The molecule has 2 aromatic rings. The number of hydrogen-bond acceptors (Lipinski definition) is 6. The smallest absolute Gasteiger partial charge is 0.137 e. The van der Waals surface area contributed by atoms with E-state index in [4.69, 9.17) is 0 Å². The van der Waals surface area contributed by atoms with E-state index in [1.165, 1.54) is 54.6 Å². The van der Waals surface area contributed by atoms with Crippen LogP contribution in [0.3, 0.4) is 0 Å². The number of aromatic nitrogens is 1. The normalized spacial score (nSPS) is 25.3. The minimum absolute atomic E-state index is 0.327. The summed E-state index contributed by atoms with van der Waals surface area (Å²) < 4.78 is 1.34. The van der Waals surface area contributed by atoms with Crippen molar-refractivity contribution in [1.82, 2.24) is 15.2 Å². The highest BCUT2D eigenvalue weighted by Gasteiger charge is 2.24. The van der Waals surface area contributed by atoms with Crippen molar-refractivity contribution in [3.05, 3.63) is 23.7 Å². The third-order valence-corrected chi connectivity index (χ3v) is 7.43. The number of nitrogens with one attached hydrogen (secondary N) is 1. The average molecular weight is 403 g/mol. The summed E-state index contributed by atoms with van der Waals surface area (Å²) in [6.45, 7) is 7.69. The van der Waals surface area contributed by atoms with Gasteiger partial charge < -0.3 is 10.0 Å². The van der Waals surface area contributed by atoms with Crippen LogP contribution in [0.4, 0.5) is 5.82 Å². The average Bonchev–Trinajstić information content (AvgIpc) is 3.22. The molecule has 28 heavy (non-hydrogen) atoms. The Hall–Kier alpha value is -1.21. The van der Waals surface area contributed by atoms with Crippen LogP contribution in [0, 0.1) is 5.92 Å². The van der Waals surface area contributed by atoms with Gasteiger partial charge in [0, 0.05) is 48.5 Å². The fourth-order valence-corrected chi connectivity index (χ4v) is 5.46. The van der Waals surface area contributed by atoms with E-state index in [2.05, 4.69) is 37.6 Å². The molecule has 0 amide bonds. The number of aliphatic hydroxyl groups excluding tert-OH is 1. The van der Waals surface area contributed by atoms with E-state index in [1.54, 1.807) is 11.3 Å². The van der Waals surface area contributed by atoms with Gasteiger partial charge in [-0.3, -0.25) is 10.2 Å². The van der Waals surface area contributed by atoms with Gasteiger partial charge in [0.15, 0.2) is 0 Å². The van der Waals surface area contributed by atoms with Gasteiger partial charge in [0.2, 0.25) is 0 Å². The maximum absolute atomic E-state index is 9.77. The maximum Gasteiger partial charge on any atom is 0.137 e. The molecule has 0 radical (unpaired) electrons. The van der Waals surface area contributed by atoms with Crippen LogP contribution < -0.4 is 10.2 Å². The number of nitrogens with zero attached hydrogens (tertiary/aromatic N) is 3. The van der Waals surface area contributed by atoms with E-state index < -0.39 is 0 Å². The molecule has 1 unspecified atom stereocenters. The minimum atomic E-state index is -0.327. The van der Waals surface area contributed by atoms with Gasteiger partial charge in [-0.2, -0.15) is 0 Å². The maximum atomic E-state index is 9.77. The van der Waals surface area contributed by atoms with Gasteiger partial charge in [0.1, 0.15) is 12.0 Å². The Labute approximate surface area is 172 Å². The fourth-order valence-electron chi connectivity index (χ4n) is 4.69. The van der Waals surface area contributed by atoms with Crippen LogP contribution in [0.1, 0.15) is 45.4 Å². The van der Waals surface area contributed by atoms with Crippen molar-refractivity contribution in [2.24, 2.45) is 5.92 Å². The standard InChI is InChI=1S/C22H34N4OS/c1-2-21(27)24-18-5-3-17(4-6-18)8-11-25-12-14-26(15-13-25)22-19-9-16-28-20(19)7-10-23-22/h7,9-10,16-18,21,24,27H,2-6,8,11-15H2,1H3. The number of hydrogen-bond donors (Lipinski definition) is 2. The van der Waals surface area contributed by atoms with E-state index in [9.17, 15) is 5.11 Å². The van der Waals surface area contributed by atoms with Crippen molar-refractivity contribution >= 4 is 27.2 Å². The highest BCUT2D eigenvalue weighted by atomic mass is 32.1. The molecule has 2 N–H and O–H groups in total. The summed E-state index contributed by atoms with van der Waals surface area (Å²) in [5, 5.41) is 16.6. The summed E-state index contributed by atoms with van der Waals surface area (Å²) in [7, 11) is 0. The summed E-state index contributed by atoms with van der Waals surface area (Å²) >= 11 is 1.80. The molecule has 1 atom stereocenters. The Morgan fingerprint density at radius 2 is 1.96 bits per heavy atom. The lowest BCUT2D eigenvalue weighted by Gasteiger charge is -2.37. The second kappa shape index (κ2) is 9.53. The van der Waals surface area contributed by atoms with Crippen molar-refractivity contribution in [2.75, 3.05) is 37.6 Å². The lowest BCUT2D eigenvalue weighted by Crippen LogP contribution is -2.47. The third-order valence-electron chi connectivity index (χ3n) is 6.55. The number of rotatable bonds is 7. The third kappa shape index (κ3) is 4.85. The topological polar surface area (TPSA) is 51.6 Å². The Balaban J connectivity index is 1.19. The molecule has 4 rings (SSSR count). The largest absolute Gasteiger partial charge is 0.379 e. The highest BCUT2D eigenvalue weighted by molar-refractivity contribution is 7.17. The Morgan fingerprint density at radius 1 is 1.18 bits per heavy atom. The van der Waals surface area contributed by atoms with E-state index in [-0.39, 0.29) is 6.23 Å². The van der Waals surface area contributed by atoms with Crippen LogP contribution in [0.5, 0.6) is 0 Å². The molecule has 1 saturated heterocycles. The summed E-state index contributed by atoms with van der Waals surface area (Å²) in [5.74, 6) is 2.02. The van der Waals surface area contributed by atoms with Gasteiger partial charge in [-0.15, -0.1) is 11.3 Å². The first kappa shape index (κ1) is 20.1. The zero-order valence-electron chi connectivity index (χ0n) is 17.0. The van der Waals surface area contributed by atoms with Crippen molar-refractivity contribution in [2.45, 2.75) is 57.7 Å². The summed E-state index contributed by atoms with van der Waals surface area (Å²) in [6, 6.07) is 4.84. The lowest BCUT2D eigenvalue weighted by molar-refractivity contribution is 0.102. The first-order valence-corrected chi connectivity index (χ1v) is 11.8. The number of aliphatic hydroxyl groups is 1. The molecule has 6 heteroatoms. The Kier molecular flexibility index (Phi) is 6.83. The fraction of sp³-hybridized carbons (Fsp3) is 0.682. The number of thiophene rings is 1. The second-order valence-corrected chi connectivity index (χ2v) is 9.34. The summed E-state index contributed by atoms with van der Waals surface area (Å²) in [4.78, 5) is 9.77. The monoisotopic (exact) mass is 402 g/mol. The summed E-state index contributed by atoms with van der Waals surface area (Å²) in [6.07, 6.45) is 8.77. The van der Waals surface area contributed by atoms with Crippen LogP contribution in [0.15, 0.2) is 23.7 Å². The van der Waals surface area contributed by atoms with Crippen molar-refractivity contribution in [1.29, 1.82) is 0 Å². The zero-order chi connectivity index (χ0) is 19.3. The number of anilines is 1. The molecular formula is C22H34N4OS. The highest BCUT2D eigenvalue weighted by Crippen LogP contribution is 2.30. The molecule has 0 aromatic carbocycles. The minimum Gasteiger partial charge on any atom is -0.379 e. The van der Waals surface area contributed by atoms with Crippen molar-refractivity contribution in [3.8, 4) is 0 Å². The van der Waals surface area contributed by atoms with E-state index in [0.717, 1.165) is 38.5 Å². The predicted octanol–water partition coefficient (Wildman–Crippen LogP) is 3.69. The number of pyridine rings is 1. The van der Waals surface area contributed by atoms with E-state index in [1.807, 2.05) is 13.1 Å². The molecule has 2 aliphatic rings. The Morgan fingerprint density at radius 3 is 2.71 bits per heavy atom. The molecule has 2 fully saturated rings. The molecule has 1 aliphatic carbocycles.